The fraction of sp³-hybridized carbons (Fsp3) is 0.286. The first kappa shape index (κ1) is 11.8. The average Bonchev–Trinajstić information content (AvgIpc) is 2.28. The Kier molecular flexibility index (Phi) is 3.57. The Hall–Kier alpha value is -1.64. The molecule has 0 unspecified atom stereocenters. The maximum atomic E-state index is 13.3. The van der Waals surface area contributed by atoms with Crippen LogP contribution in [-0.4, -0.2) is 0 Å². The quantitative estimate of drug-likeness (QED) is 0.760. The lowest BCUT2D eigenvalue weighted by molar-refractivity contribution is 0.425. The lowest BCUT2D eigenvalue weighted by atomic mass is 10.1. The van der Waals surface area contributed by atoms with Crippen molar-refractivity contribution in [2.75, 3.05) is 0 Å². The van der Waals surface area contributed by atoms with Gasteiger partial charge in [0.15, 0.2) is 0 Å². The molecule has 0 heterocycles. The highest BCUT2D eigenvalue weighted by Gasteiger charge is 2.08. The fourth-order valence-electron chi connectivity index (χ4n) is 1.73. The highest BCUT2D eigenvalue weighted by atomic mass is 19.1. The summed E-state index contributed by atoms with van der Waals surface area (Å²) < 4.78 is 31.7. The Morgan fingerprint density at radius 3 is 2.76 bits per heavy atom. The molecule has 1 aromatic carbocycles. The van der Waals surface area contributed by atoms with E-state index in [1.165, 1.54) is 18.2 Å². The molecule has 17 heavy (non-hydrogen) atoms. The van der Waals surface area contributed by atoms with E-state index in [1.54, 1.807) is 12.1 Å². The van der Waals surface area contributed by atoms with Gasteiger partial charge in [-0.3, -0.25) is 0 Å². The van der Waals surface area contributed by atoms with Crippen molar-refractivity contribution in [1.82, 2.24) is 0 Å². The number of allylic oxidation sites excluding steroid dienone is 3. The standard InChI is InChI=1S/C14H14F2O/c1-2-10-6-12(16)9-14(7-10)17-13-5-3-4-11(15)8-13/h5-9H,2-4H2,1H3. The molecular formula is C14H14F2O. The molecule has 0 saturated heterocycles. The second-order valence-corrected chi connectivity index (χ2v) is 3.99. The van der Waals surface area contributed by atoms with E-state index in [-0.39, 0.29) is 11.6 Å². The number of rotatable bonds is 3. The molecule has 0 fully saturated rings. The van der Waals surface area contributed by atoms with E-state index in [9.17, 15) is 8.78 Å². The average molecular weight is 236 g/mol. The molecule has 0 amide bonds. The van der Waals surface area contributed by atoms with Crippen molar-refractivity contribution in [1.29, 1.82) is 0 Å². The van der Waals surface area contributed by atoms with Crippen molar-refractivity contribution in [2.24, 2.45) is 0 Å². The maximum Gasteiger partial charge on any atom is 0.130 e. The molecule has 0 spiro atoms. The van der Waals surface area contributed by atoms with Crippen LogP contribution in [-0.2, 0) is 6.42 Å². The maximum absolute atomic E-state index is 13.3. The summed E-state index contributed by atoms with van der Waals surface area (Å²) in [5.74, 6) is 0.329. The third-order valence-corrected chi connectivity index (χ3v) is 2.60. The van der Waals surface area contributed by atoms with Crippen molar-refractivity contribution in [3.63, 3.8) is 0 Å². The van der Waals surface area contributed by atoms with E-state index in [0.717, 1.165) is 12.0 Å². The van der Waals surface area contributed by atoms with Crippen LogP contribution in [0.25, 0.3) is 0 Å². The summed E-state index contributed by atoms with van der Waals surface area (Å²) in [4.78, 5) is 0. The summed E-state index contributed by atoms with van der Waals surface area (Å²) in [6, 6.07) is 4.54. The molecule has 0 atom stereocenters. The van der Waals surface area contributed by atoms with Crippen LogP contribution in [0.2, 0.25) is 0 Å². The number of hydrogen-bond donors (Lipinski definition) is 0. The zero-order chi connectivity index (χ0) is 12.3. The first-order chi connectivity index (χ1) is 8.17. The largest absolute Gasteiger partial charge is 0.458 e. The van der Waals surface area contributed by atoms with Crippen LogP contribution in [0, 0.1) is 5.82 Å². The van der Waals surface area contributed by atoms with Crippen LogP contribution in [0.15, 0.2) is 41.9 Å². The van der Waals surface area contributed by atoms with E-state index in [1.807, 2.05) is 6.92 Å². The molecule has 0 aromatic heterocycles. The molecule has 3 heteroatoms. The summed E-state index contributed by atoms with van der Waals surface area (Å²) in [5.41, 5.74) is 0.862. The summed E-state index contributed by atoms with van der Waals surface area (Å²) in [6.07, 6.45) is 4.92. The summed E-state index contributed by atoms with van der Waals surface area (Å²) in [7, 11) is 0. The van der Waals surface area contributed by atoms with Gasteiger partial charge in [-0.1, -0.05) is 6.92 Å². The predicted molar refractivity (Wildman–Crippen MR) is 62.9 cm³/mol. The van der Waals surface area contributed by atoms with Crippen LogP contribution in [0.5, 0.6) is 5.75 Å². The lowest BCUT2D eigenvalue weighted by Gasteiger charge is -2.11. The van der Waals surface area contributed by atoms with Gasteiger partial charge in [0.1, 0.15) is 23.2 Å². The Balaban J connectivity index is 2.18. The van der Waals surface area contributed by atoms with E-state index >= 15 is 0 Å². The normalized spacial score (nSPS) is 15.2. The molecule has 0 bridgehead atoms. The van der Waals surface area contributed by atoms with Gasteiger partial charge in [-0.2, -0.15) is 0 Å². The highest BCUT2D eigenvalue weighted by Crippen LogP contribution is 2.23. The molecule has 90 valence electrons. The molecule has 1 aromatic rings. The number of hydrogen-bond acceptors (Lipinski definition) is 1. The Bertz CT molecular complexity index is 475. The second kappa shape index (κ2) is 5.13. The molecule has 0 saturated carbocycles. The van der Waals surface area contributed by atoms with Crippen LogP contribution < -0.4 is 4.74 Å². The molecule has 2 rings (SSSR count). The van der Waals surface area contributed by atoms with E-state index < -0.39 is 0 Å². The fourth-order valence-corrected chi connectivity index (χ4v) is 1.73. The van der Waals surface area contributed by atoms with Gasteiger partial charge < -0.3 is 4.74 Å². The second-order valence-electron chi connectivity index (χ2n) is 3.99. The van der Waals surface area contributed by atoms with E-state index in [0.29, 0.717) is 24.4 Å². The van der Waals surface area contributed by atoms with Crippen molar-refractivity contribution < 1.29 is 13.5 Å². The topological polar surface area (TPSA) is 9.23 Å². The van der Waals surface area contributed by atoms with Gasteiger partial charge in [0.05, 0.1) is 0 Å². The van der Waals surface area contributed by atoms with Gasteiger partial charge in [0.25, 0.3) is 0 Å². The number of benzene rings is 1. The summed E-state index contributed by atoms with van der Waals surface area (Å²) >= 11 is 0. The third kappa shape index (κ3) is 3.16. The van der Waals surface area contributed by atoms with E-state index in [4.69, 9.17) is 4.74 Å². The predicted octanol–water partition coefficient (Wildman–Crippen LogP) is 4.30. The molecule has 1 aliphatic carbocycles. The van der Waals surface area contributed by atoms with Crippen LogP contribution in [0.4, 0.5) is 8.78 Å². The minimum atomic E-state index is -0.333. The van der Waals surface area contributed by atoms with Crippen molar-refractivity contribution in [2.45, 2.75) is 26.2 Å². The lowest BCUT2D eigenvalue weighted by Crippen LogP contribution is -1.98. The summed E-state index contributed by atoms with van der Waals surface area (Å²) in [6.45, 7) is 1.94. The van der Waals surface area contributed by atoms with Gasteiger partial charge >= 0.3 is 0 Å². The zero-order valence-electron chi connectivity index (χ0n) is 9.67. The van der Waals surface area contributed by atoms with Gasteiger partial charge in [-0.15, -0.1) is 0 Å². The molecule has 1 nitrogen and oxygen atoms in total. The first-order valence-corrected chi connectivity index (χ1v) is 5.71. The van der Waals surface area contributed by atoms with Crippen molar-refractivity contribution in [3.8, 4) is 5.75 Å². The van der Waals surface area contributed by atoms with Crippen LogP contribution in [0.1, 0.15) is 25.3 Å². The van der Waals surface area contributed by atoms with Crippen LogP contribution >= 0.6 is 0 Å². The van der Waals surface area contributed by atoms with Crippen molar-refractivity contribution >= 4 is 0 Å². The van der Waals surface area contributed by atoms with Gasteiger partial charge in [0, 0.05) is 18.6 Å². The molecular weight excluding hydrogens is 222 g/mol. The Labute approximate surface area is 99.4 Å². The zero-order valence-corrected chi connectivity index (χ0v) is 9.67. The van der Waals surface area contributed by atoms with Crippen LogP contribution in [0.3, 0.4) is 0 Å². The Morgan fingerprint density at radius 1 is 1.24 bits per heavy atom. The minimum Gasteiger partial charge on any atom is -0.458 e. The van der Waals surface area contributed by atoms with Crippen molar-refractivity contribution in [3.05, 3.63) is 53.3 Å². The SMILES string of the molecule is CCc1cc(F)cc(OC2=CCCC(F)=C2)c1. The summed E-state index contributed by atoms with van der Waals surface area (Å²) in [5, 5.41) is 0. The van der Waals surface area contributed by atoms with Gasteiger partial charge in [-0.05, 0) is 36.6 Å². The molecule has 0 radical (unpaired) electrons. The van der Waals surface area contributed by atoms with Gasteiger partial charge in [-0.25, -0.2) is 8.78 Å². The smallest absolute Gasteiger partial charge is 0.130 e. The number of halogens is 2. The minimum absolute atomic E-state index is 0.199. The first-order valence-electron chi connectivity index (χ1n) is 5.71. The van der Waals surface area contributed by atoms with Gasteiger partial charge in [0.2, 0.25) is 0 Å². The molecule has 1 aliphatic rings. The number of aryl methyl sites for hydroxylation is 1. The highest BCUT2D eigenvalue weighted by molar-refractivity contribution is 5.33. The molecule has 0 aliphatic heterocycles. The molecule has 0 N–H and O–H groups in total. The van der Waals surface area contributed by atoms with E-state index in [2.05, 4.69) is 0 Å². The number of ether oxygens (including phenoxy) is 1. The monoisotopic (exact) mass is 236 g/mol. The Morgan fingerprint density at radius 2 is 2.06 bits per heavy atom. The third-order valence-electron chi connectivity index (χ3n) is 2.60.